The van der Waals surface area contributed by atoms with E-state index in [1.54, 1.807) is 24.3 Å². The summed E-state index contributed by atoms with van der Waals surface area (Å²) in [6, 6.07) is 12.2. The van der Waals surface area contributed by atoms with Crippen LogP contribution in [0.4, 0.5) is 22.0 Å². The Hall–Kier alpha value is -2.40. The maximum atomic E-state index is 12.9. The molecule has 1 aliphatic heterocycles. The number of hydrogen-bond acceptors (Lipinski definition) is 5. The molecule has 5 nitrogen and oxygen atoms in total. The zero-order valence-corrected chi connectivity index (χ0v) is 22.4. The molecule has 0 aromatic heterocycles. The van der Waals surface area contributed by atoms with Crippen molar-refractivity contribution in [1.29, 1.82) is 0 Å². The lowest BCUT2D eigenvalue weighted by Crippen LogP contribution is -2.36. The van der Waals surface area contributed by atoms with Gasteiger partial charge in [0, 0.05) is 53.9 Å². The number of hydrogen-bond donors (Lipinski definition) is 2. The first-order valence-electron chi connectivity index (χ1n) is 13.1. The van der Waals surface area contributed by atoms with Crippen molar-refractivity contribution in [1.82, 2.24) is 0 Å². The number of unbranched alkanes of at least 4 members (excludes halogenated alkanes) is 3. The lowest BCUT2D eigenvalue weighted by atomic mass is 9.78. The van der Waals surface area contributed by atoms with Crippen molar-refractivity contribution >= 4 is 10.8 Å². The van der Waals surface area contributed by atoms with Crippen molar-refractivity contribution in [2.24, 2.45) is 0 Å². The van der Waals surface area contributed by atoms with Crippen LogP contribution in [-0.2, 0) is 15.5 Å². The maximum absolute atomic E-state index is 12.9. The van der Waals surface area contributed by atoms with E-state index >= 15 is 0 Å². The number of halogens is 5. The molecular weight excluding hydrogens is 543 g/mol. The molecule has 39 heavy (non-hydrogen) atoms. The Kier molecular flexibility index (Phi) is 11.4. The Morgan fingerprint density at radius 3 is 2.26 bits per heavy atom. The van der Waals surface area contributed by atoms with Crippen LogP contribution < -0.4 is 4.74 Å². The minimum Gasteiger partial charge on any atom is -0.508 e. The van der Waals surface area contributed by atoms with Gasteiger partial charge in [-0.15, -0.1) is 0 Å². The van der Waals surface area contributed by atoms with E-state index in [2.05, 4.69) is 0 Å². The maximum Gasteiger partial charge on any atom is 0.453 e. The van der Waals surface area contributed by atoms with Gasteiger partial charge < -0.3 is 19.7 Å². The number of phenols is 2. The minimum absolute atomic E-state index is 0.0619. The molecule has 0 saturated heterocycles. The summed E-state index contributed by atoms with van der Waals surface area (Å²) in [5.74, 6) is -3.46. The molecular formula is C28H35F5O5S. The number of benzene rings is 2. The van der Waals surface area contributed by atoms with Crippen molar-refractivity contribution in [3.8, 4) is 17.2 Å². The second-order valence-electron chi connectivity index (χ2n) is 9.81. The zero-order valence-electron chi connectivity index (χ0n) is 21.6. The zero-order chi connectivity index (χ0) is 28.5. The summed E-state index contributed by atoms with van der Waals surface area (Å²) in [6.45, 7) is 1.51. The highest BCUT2D eigenvalue weighted by molar-refractivity contribution is 7.84. The summed E-state index contributed by atoms with van der Waals surface area (Å²) in [4.78, 5) is 0. The third-order valence-electron chi connectivity index (χ3n) is 6.88. The fourth-order valence-electron chi connectivity index (χ4n) is 4.71. The predicted octanol–water partition coefficient (Wildman–Crippen LogP) is 7.05. The molecule has 3 rings (SSSR count). The van der Waals surface area contributed by atoms with E-state index in [9.17, 15) is 36.4 Å². The van der Waals surface area contributed by atoms with E-state index in [0.717, 1.165) is 36.8 Å². The molecule has 218 valence electrons. The summed E-state index contributed by atoms with van der Waals surface area (Å²) in [5.41, 5.74) is 2.04. The Morgan fingerprint density at radius 2 is 1.54 bits per heavy atom. The Labute approximate surface area is 227 Å². The second-order valence-corrected chi connectivity index (χ2v) is 11.5. The van der Waals surface area contributed by atoms with E-state index in [1.165, 1.54) is 0 Å². The van der Waals surface area contributed by atoms with Crippen LogP contribution in [0.1, 0.15) is 67.9 Å². The molecule has 0 amide bonds. The summed E-state index contributed by atoms with van der Waals surface area (Å²) in [6.07, 6.45) is -3.58. The van der Waals surface area contributed by atoms with E-state index in [-0.39, 0.29) is 34.8 Å². The van der Waals surface area contributed by atoms with E-state index in [4.69, 9.17) is 9.47 Å². The van der Waals surface area contributed by atoms with E-state index < -0.39 is 35.7 Å². The fourth-order valence-corrected chi connectivity index (χ4v) is 5.90. The van der Waals surface area contributed by atoms with Gasteiger partial charge in [0.15, 0.2) is 0 Å². The van der Waals surface area contributed by atoms with E-state index in [1.807, 2.05) is 18.2 Å². The summed E-state index contributed by atoms with van der Waals surface area (Å²) in [7, 11) is -1.41. The average Bonchev–Trinajstić information content (AvgIpc) is 2.87. The van der Waals surface area contributed by atoms with Crippen molar-refractivity contribution in [3.63, 3.8) is 0 Å². The lowest BCUT2D eigenvalue weighted by Gasteiger charge is -2.34. The molecule has 3 atom stereocenters. The number of fused-ring (bicyclic) bond motifs is 1. The molecule has 1 heterocycles. The van der Waals surface area contributed by atoms with Crippen molar-refractivity contribution in [3.05, 3.63) is 53.6 Å². The molecule has 0 bridgehead atoms. The first-order valence-corrected chi connectivity index (χ1v) is 14.6. The second kappa shape index (κ2) is 14.3. The molecule has 0 radical (unpaired) electrons. The van der Waals surface area contributed by atoms with Gasteiger partial charge in [0.05, 0.1) is 6.61 Å². The minimum atomic E-state index is -5.57. The van der Waals surface area contributed by atoms with Crippen LogP contribution in [0.2, 0.25) is 0 Å². The quantitative estimate of drug-likeness (QED) is 0.175. The third kappa shape index (κ3) is 9.34. The Morgan fingerprint density at radius 1 is 0.872 bits per heavy atom. The molecule has 1 unspecified atom stereocenters. The normalized spacial score (nSPS) is 18.4. The summed E-state index contributed by atoms with van der Waals surface area (Å²) in [5, 5.41) is 19.5. The molecule has 0 saturated carbocycles. The van der Waals surface area contributed by atoms with Gasteiger partial charge in [-0.1, -0.05) is 31.0 Å². The molecule has 2 aromatic carbocycles. The smallest absolute Gasteiger partial charge is 0.453 e. The first kappa shape index (κ1) is 31.1. The highest BCUT2D eigenvalue weighted by atomic mass is 32.2. The lowest BCUT2D eigenvalue weighted by molar-refractivity contribution is -0.284. The summed E-state index contributed by atoms with van der Waals surface area (Å²) < 4.78 is 86.0. The Balaban J connectivity index is 1.34. The largest absolute Gasteiger partial charge is 0.508 e. The molecule has 1 aliphatic rings. The number of aromatic hydroxyl groups is 2. The van der Waals surface area contributed by atoms with Crippen LogP contribution in [0.25, 0.3) is 0 Å². The average molecular weight is 579 g/mol. The van der Waals surface area contributed by atoms with Gasteiger partial charge in [-0.05, 0) is 60.9 Å². The molecule has 11 heteroatoms. The van der Waals surface area contributed by atoms with Crippen LogP contribution in [0.15, 0.2) is 42.5 Å². The predicted molar refractivity (Wildman–Crippen MR) is 139 cm³/mol. The number of rotatable bonds is 15. The molecule has 2 aromatic rings. The van der Waals surface area contributed by atoms with Gasteiger partial charge in [0.25, 0.3) is 0 Å². The monoisotopic (exact) mass is 578 g/mol. The van der Waals surface area contributed by atoms with Crippen LogP contribution in [0.3, 0.4) is 0 Å². The number of alkyl halides is 5. The molecule has 0 spiro atoms. The van der Waals surface area contributed by atoms with Crippen molar-refractivity contribution in [2.75, 3.05) is 31.3 Å². The number of ether oxygens (including phenoxy) is 2. The van der Waals surface area contributed by atoms with Gasteiger partial charge in [-0.25, -0.2) is 0 Å². The fraction of sp³-hybridized carbons (Fsp3) is 0.571. The highest BCUT2D eigenvalue weighted by Crippen LogP contribution is 2.45. The van der Waals surface area contributed by atoms with Crippen molar-refractivity contribution in [2.45, 2.75) is 68.9 Å². The Bertz CT molecular complexity index is 1060. The third-order valence-corrected chi connectivity index (χ3v) is 8.37. The van der Waals surface area contributed by atoms with Gasteiger partial charge >= 0.3 is 12.1 Å². The van der Waals surface area contributed by atoms with Gasteiger partial charge in [0.1, 0.15) is 17.2 Å². The molecule has 0 fully saturated rings. The molecule has 0 aliphatic carbocycles. The van der Waals surface area contributed by atoms with Crippen LogP contribution in [0, 0.1) is 0 Å². The van der Waals surface area contributed by atoms with Gasteiger partial charge in [-0.3, -0.25) is 4.21 Å². The van der Waals surface area contributed by atoms with Crippen molar-refractivity contribution < 1.29 is 45.8 Å². The van der Waals surface area contributed by atoms with Crippen LogP contribution in [0.5, 0.6) is 17.2 Å². The molecule has 2 N–H and O–H groups in total. The van der Waals surface area contributed by atoms with Gasteiger partial charge in [-0.2, -0.15) is 22.0 Å². The van der Waals surface area contributed by atoms with E-state index in [0.29, 0.717) is 32.0 Å². The number of phenolic OH excluding ortho intramolecular Hbond substituents is 2. The summed E-state index contributed by atoms with van der Waals surface area (Å²) >= 11 is 0. The topological polar surface area (TPSA) is 76.0 Å². The first-order chi connectivity index (χ1) is 18.5. The SMILES string of the molecule is O=S(CCCCCCOCC[C@@H]1c2ccc(O)cc2OC[C@@H]1c1ccc(O)cc1)CCCC(F)(F)C(F)(F)F. The standard InChI is InChI=1S/C28H35F5O5S/c29-27(30,28(31,32)33)13-5-17-39(36)16-4-2-1-3-14-37-15-12-23-24-11-10-22(35)18-26(24)38-19-25(23)20-6-8-21(34)9-7-20/h6-11,18,23,25,34-35H,1-5,12-17,19H2/t23-,25-,39?/m1/s1. The van der Waals surface area contributed by atoms with Crippen LogP contribution >= 0.6 is 0 Å². The van der Waals surface area contributed by atoms with Gasteiger partial charge in [0.2, 0.25) is 0 Å². The highest BCUT2D eigenvalue weighted by Gasteiger charge is 2.56. The van der Waals surface area contributed by atoms with Crippen LogP contribution in [-0.4, -0.2) is 57.8 Å².